The standard InChI is InChI=1S/C11H14ClNO4S/c1-6-4-9(17-8(3)11(13)14)5-7(2)10(6)18(12,15)16/h4-5,8H,1-3H3,(H2,13,14). The van der Waals surface area contributed by atoms with Gasteiger partial charge in [0.25, 0.3) is 15.0 Å². The molecule has 18 heavy (non-hydrogen) atoms. The molecular formula is C11H14ClNO4S. The molecule has 0 aliphatic carbocycles. The molecule has 0 saturated carbocycles. The van der Waals surface area contributed by atoms with Crippen molar-refractivity contribution < 1.29 is 17.9 Å². The van der Waals surface area contributed by atoms with Gasteiger partial charge in [-0.1, -0.05) is 0 Å². The molecular weight excluding hydrogens is 278 g/mol. The quantitative estimate of drug-likeness (QED) is 0.851. The first-order chi connectivity index (χ1) is 8.12. The lowest BCUT2D eigenvalue weighted by molar-refractivity contribution is -0.123. The monoisotopic (exact) mass is 291 g/mol. The first kappa shape index (κ1) is 14.8. The lowest BCUT2D eigenvalue weighted by Crippen LogP contribution is -2.30. The van der Waals surface area contributed by atoms with Crippen molar-refractivity contribution in [1.82, 2.24) is 0 Å². The van der Waals surface area contributed by atoms with Crippen LogP contribution in [0.1, 0.15) is 18.1 Å². The van der Waals surface area contributed by atoms with Gasteiger partial charge in [0, 0.05) is 10.7 Å². The fourth-order valence-electron chi connectivity index (χ4n) is 1.63. The van der Waals surface area contributed by atoms with Crippen LogP contribution in [0.3, 0.4) is 0 Å². The van der Waals surface area contributed by atoms with Gasteiger partial charge in [0.1, 0.15) is 5.75 Å². The van der Waals surface area contributed by atoms with E-state index in [-0.39, 0.29) is 4.90 Å². The highest BCUT2D eigenvalue weighted by Gasteiger charge is 2.19. The number of amides is 1. The van der Waals surface area contributed by atoms with Gasteiger partial charge in [-0.2, -0.15) is 0 Å². The molecule has 1 aromatic carbocycles. The van der Waals surface area contributed by atoms with Gasteiger partial charge in [-0.3, -0.25) is 4.79 Å². The van der Waals surface area contributed by atoms with E-state index in [1.165, 1.54) is 19.1 Å². The maximum Gasteiger partial charge on any atom is 0.261 e. The van der Waals surface area contributed by atoms with Gasteiger partial charge in [0.2, 0.25) is 0 Å². The molecule has 5 nitrogen and oxygen atoms in total. The van der Waals surface area contributed by atoms with E-state index in [9.17, 15) is 13.2 Å². The fraction of sp³-hybridized carbons (Fsp3) is 0.364. The van der Waals surface area contributed by atoms with E-state index in [1.807, 2.05) is 0 Å². The summed E-state index contributed by atoms with van der Waals surface area (Å²) in [5.41, 5.74) is 5.99. The highest BCUT2D eigenvalue weighted by molar-refractivity contribution is 8.13. The van der Waals surface area contributed by atoms with Gasteiger partial charge in [-0.25, -0.2) is 8.42 Å². The van der Waals surface area contributed by atoms with E-state index in [1.54, 1.807) is 13.8 Å². The summed E-state index contributed by atoms with van der Waals surface area (Å²) in [6.07, 6.45) is -0.790. The minimum Gasteiger partial charge on any atom is -0.481 e. The van der Waals surface area contributed by atoms with Crippen molar-refractivity contribution in [3.8, 4) is 5.75 Å². The summed E-state index contributed by atoms with van der Waals surface area (Å²) in [5, 5.41) is 0. The Morgan fingerprint density at radius 2 is 1.78 bits per heavy atom. The summed E-state index contributed by atoms with van der Waals surface area (Å²) in [6.45, 7) is 4.72. The molecule has 7 heteroatoms. The second-order valence-corrected chi connectivity index (χ2v) is 6.49. The number of rotatable bonds is 4. The lowest BCUT2D eigenvalue weighted by atomic mass is 10.1. The number of carbonyl (C=O) groups excluding carboxylic acids is 1. The molecule has 2 N–H and O–H groups in total. The molecule has 0 radical (unpaired) electrons. The van der Waals surface area contributed by atoms with Crippen LogP contribution in [-0.2, 0) is 13.8 Å². The Morgan fingerprint density at radius 3 is 2.11 bits per heavy atom. The van der Waals surface area contributed by atoms with Crippen LogP contribution in [-0.4, -0.2) is 20.4 Å². The van der Waals surface area contributed by atoms with Gasteiger partial charge < -0.3 is 10.5 Å². The van der Waals surface area contributed by atoms with Crippen LogP contribution >= 0.6 is 10.7 Å². The maximum atomic E-state index is 11.4. The zero-order valence-electron chi connectivity index (χ0n) is 10.2. The van der Waals surface area contributed by atoms with E-state index in [4.69, 9.17) is 21.2 Å². The average molecular weight is 292 g/mol. The Labute approximate surface area is 110 Å². The largest absolute Gasteiger partial charge is 0.481 e. The number of primary amides is 1. The van der Waals surface area contributed by atoms with Crippen molar-refractivity contribution in [2.45, 2.75) is 31.8 Å². The highest BCUT2D eigenvalue weighted by atomic mass is 35.7. The van der Waals surface area contributed by atoms with Crippen LogP contribution in [0.25, 0.3) is 0 Å². The lowest BCUT2D eigenvalue weighted by Gasteiger charge is -2.14. The molecule has 0 aliphatic rings. The number of ether oxygens (including phenoxy) is 1. The molecule has 1 unspecified atom stereocenters. The SMILES string of the molecule is Cc1cc(OC(C)C(N)=O)cc(C)c1S(=O)(=O)Cl. The van der Waals surface area contributed by atoms with Crippen LogP contribution < -0.4 is 10.5 Å². The summed E-state index contributed by atoms with van der Waals surface area (Å²) >= 11 is 0. The predicted molar refractivity (Wildman–Crippen MR) is 68.2 cm³/mol. The topological polar surface area (TPSA) is 86.5 Å². The molecule has 0 bridgehead atoms. The zero-order valence-corrected chi connectivity index (χ0v) is 11.8. The summed E-state index contributed by atoms with van der Waals surface area (Å²) in [7, 11) is 1.53. The number of halogens is 1. The molecule has 1 aromatic rings. The number of hydrogen-bond acceptors (Lipinski definition) is 4. The third-order valence-corrected chi connectivity index (χ3v) is 3.99. The molecule has 0 spiro atoms. The van der Waals surface area contributed by atoms with Crippen LogP contribution in [0, 0.1) is 13.8 Å². The first-order valence-corrected chi connectivity index (χ1v) is 7.45. The molecule has 1 amide bonds. The van der Waals surface area contributed by atoms with Crippen molar-refractivity contribution in [3.63, 3.8) is 0 Å². The summed E-state index contributed by atoms with van der Waals surface area (Å²) in [4.78, 5) is 10.9. The number of benzene rings is 1. The van der Waals surface area contributed by atoms with Crippen LogP contribution in [0.2, 0.25) is 0 Å². The third kappa shape index (κ3) is 3.36. The fourth-order valence-corrected chi connectivity index (χ4v) is 3.24. The number of aryl methyl sites for hydroxylation is 2. The molecule has 0 saturated heterocycles. The second kappa shape index (κ2) is 5.16. The zero-order chi connectivity index (χ0) is 14.1. The van der Waals surface area contributed by atoms with E-state index >= 15 is 0 Å². The average Bonchev–Trinajstić information content (AvgIpc) is 2.13. The minimum atomic E-state index is -3.80. The van der Waals surface area contributed by atoms with Gasteiger partial charge in [-0.15, -0.1) is 0 Å². The first-order valence-electron chi connectivity index (χ1n) is 5.15. The molecule has 100 valence electrons. The van der Waals surface area contributed by atoms with E-state index in [0.717, 1.165) is 0 Å². The summed E-state index contributed by atoms with van der Waals surface area (Å²) < 4.78 is 28.0. The maximum absolute atomic E-state index is 11.4. The number of carbonyl (C=O) groups is 1. The second-order valence-electron chi connectivity index (χ2n) is 3.99. The van der Waals surface area contributed by atoms with Crippen molar-refractivity contribution in [1.29, 1.82) is 0 Å². The summed E-state index contributed by atoms with van der Waals surface area (Å²) in [6, 6.07) is 3.00. The third-order valence-electron chi connectivity index (χ3n) is 2.39. The Kier molecular flexibility index (Phi) is 4.24. The van der Waals surface area contributed by atoms with Gasteiger partial charge in [-0.05, 0) is 44.0 Å². The predicted octanol–water partition coefficient (Wildman–Crippen LogP) is 1.48. The smallest absolute Gasteiger partial charge is 0.261 e. The van der Waals surface area contributed by atoms with E-state index in [0.29, 0.717) is 16.9 Å². The molecule has 0 fully saturated rings. The van der Waals surface area contributed by atoms with E-state index in [2.05, 4.69) is 0 Å². The van der Waals surface area contributed by atoms with Crippen molar-refractivity contribution in [3.05, 3.63) is 23.3 Å². The normalized spacial score (nSPS) is 13.1. The Morgan fingerprint density at radius 1 is 1.33 bits per heavy atom. The molecule has 0 heterocycles. The highest BCUT2D eigenvalue weighted by Crippen LogP contribution is 2.28. The summed E-state index contributed by atoms with van der Waals surface area (Å²) in [5.74, 6) is -0.222. The number of hydrogen-bond donors (Lipinski definition) is 1. The van der Waals surface area contributed by atoms with Gasteiger partial charge in [0.15, 0.2) is 6.10 Å². The van der Waals surface area contributed by atoms with Crippen LogP contribution in [0.5, 0.6) is 5.75 Å². The van der Waals surface area contributed by atoms with Crippen LogP contribution in [0.4, 0.5) is 0 Å². The van der Waals surface area contributed by atoms with Crippen molar-refractivity contribution >= 4 is 25.6 Å². The van der Waals surface area contributed by atoms with Crippen molar-refractivity contribution in [2.24, 2.45) is 5.73 Å². The molecule has 0 aliphatic heterocycles. The van der Waals surface area contributed by atoms with E-state index < -0.39 is 21.1 Å². The molecule has 1 rings (SSSR count). The Hall–Kier alpha value is -1.27. The van der Waals surface area contributed by atoms with Gasteiger partial charge in [0.05, 0.1) is 4.90 Å². The Balaban J connectivity index is 3.20. The molecule has 0 aromatic heterocycles. The van der Waals surface area contributed by atoms with Gasteiger partial charge >= 0.3 is 0 Å². The van der Waals surface area contributed by atoms with Crippen molar-refractivity contribution in [2.75, 3.05) is 0 Å². The molecule has 1 atom stereocenters. The number of nitrogens with two attached hydrogens (primary N) is 1. The Bertz CT molecular complexity index is 560. The van der Waals surface area contributed by atoms with Crippen LogP contribution in [0.15, 0.2) is 17.0 Å². The minimum absolute atomic E-state index is 0.0586.